The lowest BCUT2D eigenvalue weighted by molar-refractivity contribution is -0.121. The molecule has 0 aliphatic heterocycles. The zero-order chi connectivity index (χ0) is 24.2. The van der Waals surface area contributed by atoms with Crippen LogP contribution in [0.25, 0.3) is 43.7 Å². The predicted octanol–water partition coefficient (Wildman–Crippen LogP) is 6.04. The van der Waals surface area contributed by atoms with Crippen LogP contribution < -0.4 is 9.47 Å². The summed E-state index contributed by atoms with van der Waals surface area (Å²) in [7, 11) is 0. The lowest BCUT2D eigenvalue weighted by atomic mass is 10.1. The van der Waals surface area contributed by atoms with E-state index in [9.17, 15) is 9.59 Å². The number of ether oxygens (including phenoxy) is 2. The zero-order valence-corrected chi connectivity index (χ0v) is 20.0. The Labute approximate surface area is 208 Å². The number of hydrogen-bond donors (Lipinski definition) is 0. The van der Waals surface area contributed by atoms with Crippen molar-refractivity contribution < 1.29 is 19.1 Å². The second kappa shape index (κ2) is 9.96. The smallest absolute Gasteiger partial charge is 0.298 e. The molecule has 0 saturated carbocycles. The molecule has 35 heavy (non-hydrogen) atoms. The first kappa shape index (κ1) is 22.6. The van der Waals surface area contributed by atoms with E-state index in [0.717, 1.165) is 10.4 Å². The number of aromatic nitrogens is 3. The molecular formula is C26H17N3O4S2. The molecule has 0 aliphatic carbocycles. The number of rotatable bonds is 8. The summed E-state index contributed by atoms with van der Waals surface area (Å²) in [5.74, 6) is 0.617. The minimum absolute atomic E-state index is 0.294. The molecule has 0 saturated heterocycles. The van der Waals surface area contributed by atoms with Crippen molar-refractivity contribution in [2.24, 2.45) is 0 Å². The van der Waals surface area contributed by atoms with Gasteiger partial charge < -0.3 is 9.47 Å². The molecule has 0 bridgehead atoms. The standard InChI is InChI=1S/C26H17N3O4S2/c1-16-20(6-9-34-16)26-3-2-25(35-26)17-4-7-27-21(10-17)23-12-19(33-15-31)13-24(29-23)22-11-18(32-14-30)5-8-28-22/h2-15H,1H3. The predicted molar refractivity (Wildman–Crippen MR) is 135 cm³/mol. The fourth-order valence-electron chi connectivity index (χ4n) is 3.57. The highest BCUT2D eigenvalue weighted by atomic mass is 32.1. The maximum Gasteiger partial charge on any atom is 0.298 e. The lowest BCUT2D eigenvalue weighted by Gasteiger charge is -2.09. The first-order valence-corrected chi connectivity index (χ1v) is 12.1. The van der Waals surface area contributed by atoms with Crippen molar-refractivity contribution in [3.05, 3.63) is 77.2 Å². The summed E-state index contributed by atoms with van der Waals surface area (Å²) in [6.45, 7) is 2.82. The van der Waals surface area contributed by atoms with Gasteiger partial charge in [0.15, 0.2) is 0 Å². The van der Waals surface area contributed by atoms with E-state index >= 15 is 0 Å². The Kier molecular flexibility index (Phi) is 6.42. The Hall–Kier alpha value is -4.21. The number of aryl methyl sites for hydroxylation is 1. The summed E-state index contributed by atoms with van der Waals surface area (Å²) < 4.78 is 10.0. The van der Waals surface area contributed by atoms with E-state index in [2.05, 4.69) is 45.5 Å². The van der Waals surface area contributed by atoms with Gasteiger partial charge in [-0.3, -0.25) is 19.6 Å². The van der Waals surface area contributed by atoms with Gasteiger partial charge in [0.1, 0.15) is 11.5 Å². The molecule has 5 heterocycles. The Morgan fingerprint density at radius 1 is 0.743 bits per heavy atom. The molecule has 5 aromatic heterocycles. The zero-order valence-electron chi connectivity index (χ0n) is 18.4. The summed E-state index contributed by atoms with van der Waals surface area (Å²) in [4.78, 5) is 38.8. The molecule has 172 valence electrons. The van der Waals surface area contributed by atoms with E-state index in [1.165, 1.54) is 21.5 Å². The van der Waals surface area contributed by atoms with Crippen LogP contribution in [0, 0.1) is 6.92 Å². The minimum atomic E-state index is 0.294. The average molecular weight is 500 g/mol. The van der Waals surface area contributed by atoms with Crippen LogP contribution in [-0.2, 0) is 9.59 Å². The van der Waals surface area contributed by atoms with Crippen molar-refractivity contribution in [3.63, 3.8) is 0 Å². The van der Waals surface area contributed by atoms with Crippen LogP contribution in [0.4, 0.5) is 0 Å². The van der Waals surface area contributed by atoms with Crippen LogP contribution in [0.5, 0.6) is 11.5 Å². The monoisotopic (exact) mass is 499 g/mol. The van der Waals surface area contributed by atoms with Gasteiger partial charge in [0.2, 0.25) is 0 Å². The second-order valence-electron chi connectivity index (χ2n) is 7.36. The quantitative estimate of drug-likeness (QED) is 0.240. The van der Waals surface area contributed by atoms with Crippen molar-refractivity contribution in [3.8, 4) is 55.2 Å². The van der Waals surface area contributed by atoms with Gasteiger partial charge in [-0.05, 0) is 54.3 Å². The summed E-state index contributed by atoms with van der Waals surface area (Å²) in [5, 5.41) is 2.10. The number of pyridine rings is 3. The molecule has 0 amide bonds. The van der Waals surface area contributed by atoms with Crippen LogP contribution in [0.3, 0.4) is 0 Å². The molecule has 0 atom stereocenters. The number of thiophene rings is 2. The highest BCUT2D eigenvalue weighted by Crippen LogP contribution is 2.38. The number of carbonyl (C=O) groups is 2. The Morgan fingerprint density at radius 3 is 2.11 bits per heavy atom. The Balaban J connectivity index is 1.54. The van der Waals surface area contributed by atoms with Gasteiger partial charge in [-0.15, -0.1) is 22.7 Å². The summed E-state index contributed by atoms with van der Waals surface area (Å²) >= 11 is 3.45. The number of carbonyl (C=O) groups excluding carboxylic acids is 2. The van der Waals surface area contributed by atoms with Gasteiger partial charge in [-0.2, -0.15) is 0 Å². The van der Waals surface area contributed by atoms with Crippen molar-refractivity contribution in [1.82, 2.24) is 15.0 Å². The van der Waals surface area contributed by atoms with Crippen LogP contribution in [-0.4, -0.2) is 27.9 Å². The summed E-state index contributed by atoms with van der Waals surface area (Å²) in [6, 6.07) is 16.6. The Morgan fingerprint density at radius 2 is 1.40 bits per heavy atom. The van der Waals surface area contributed by atoms with Crippen molar-refractivity contribution in [2.75, 3.05) is 0 Å². The topological polar surface area (TPSA) is 91.3 Å². The van der Waals surface area contributed by atoms with E-state index in [1.54, 1.807) is 53.1 Å². The first-order valence-electron chi connectivity index (χ1n) is 10.4. The summed E-state index contributed by atoms with van der Waals surface area (Å²) in [5.41, 5.74) is 4.26. The van der Waals surface area contributed by atoms with Gasteiger partial charge in [-0.25, -0.2) is 4.98 Å². The van der Waals surface area contributed by atoms with Gasteiger partial charge in [-0.1, -0.05) is 0 Å². The van der Waals surface area contributed by atoms with Crippen LogP contribution in [0.15, 0.2) is 72.4 Å². The lowest BCUT2D eigenvalue weighted by Crippen LogP contribution is -1.97. The molecule has 0 aromatic carbocycles. The highest BCUT2D eigenvalue weighted by molar-refractivity contribution is 7.19. The van der Waals surface area contributed by atoms with Gasteiger partial charge in [0.05, 0.1) is 22.8 Å². The molecule has 5 rings (SSSR count). The van der Waals surface area contributed by atoms with Crippen molar-refractivity contribution >= 4 is 35.6 Å². The van der Waals surface area contributed by atoms with Gasteiger partial charge in [0.25, 0.3) is 12.9 Å². The van der Waals surface area contributed by atoms with Crippen LogP contribution in [0.1, 0.15) is 4.88 Å². The van der Waals surface area contributed by atoms with Crippen LogP contribution in [0.2, 0.25) is 0 Å². The third-order valence-corrected chi connectivity index (χ3v) is 7.21. The summed E-state index contributed by atoms with van der Waals surface area (Å²) in [6.07, 6.45) is 3.23. The fourth-order valence-corrected chi connectivity index (χ4v) is 5.44. The Bertz CT molecular complexity index is 1530. The molecule has 5 aromatic rings. The molecule has 0 spiro atoms. The largest absolute Gasteiger partial charge is 0.429 e. The molecule has 0 fully saturated rings. The van der Waals surface area contributed by atoms with Crippen LogP contribution >= 0.6 is 22.7 Å². The average Bonchev–Trinajstić information content (AvgIpc) is 3.54. The minimum Gasteiger partial charge on any atom is -0.429 e. The van der Waals surface area contributed by atoms with E-state index in [1.807, 2.05) is 12.1 Å². The third kappa shape index (κ3) is 4.86. The highest BCUT2D eigenvalue weighted by Gasteiger charge is 2.13. The van der Waals surface area contributed by atoms with Gasteiger partial charge >= 0.3 is 0 Å². The van der Waals surface area contributed by atoms with E-state index in [-0.39, 0.29) is 0 Å². The number of nitrogens with zero attached hydrogens (tertiary/aromatic N) is 3. The molecule has 0 N–H and O–H groups in total. The molecule has 0 aliphatic rings. The maximum absolute atomic E-state index is 11.0. The van der Waals surface area contributed by atoms with Crippen molar-refractivity contribution in [2.45, 2.75) is 6.92 Å². The third-order valence-electron chi connectivity index (χ3n) is 5.20. The maximum atomic E-state index is 11.0. The molecule has 9 heteroatoms. The first-order chi connectivity index (χ1) is 17.1. The van der Waals surface area contributed by atoms with E-state index in [0.29, 0.717) is 47.2 Å². The van der Waals surface area contributed by atoms with Crippen molar-refractivity contribution in [1.29, 1.82) is 0 Å². The molecular weight excluding hydrogens is 482 g/mol. The fraction of sp³-hybridized carbons (Fsp3) is 0.0385. The molecule has 7 nitrogen and oxygen atoms in total. The normalized spacial score (nSPS) is 10.7. The number of hydrogen-bond acceptors (Lipinski definition) is 9. The SMILES string of the molecule is Cc1sccc1-c1ccc(-c2ccnc(-c3cc(OC=O)cc(-c4cc(OC=O)ccn4)n3)c2)s1. The van der Waals surface area contributed by atoms with Gasteiger partial charge in [0, 0.05) is 50.8 Å². The molecule has 0 radical (unpaired) electrons. The van der Waals surface area contributed by atoms with E-state index in [4.69, 9.17) is 9.47 Å². The molecule has 0 unspecified atom stereocenters. The second-order valence-corrected chi connectivity index (χ2v) is 9.57. The van der Waals surface area contributed by atoms with E-state index < -0.39 is 0 Å².